The number of nitrogens with one attached hydrogen (secondary N) is 1. The highest BCUT2D eigenvalue weighted by atomic mass is 16.6. The van der Waals surface area contributed by atoms with Crippen LogP contribution in [0.3, 0.4) is 0 Å². The Labute approximate surface area is 217 Å². The van der Waals surface area contributed by atoms with E-state index in [4.69, 9.17) is 16.2 Å². The molecule has 4 atom stereocenters. The number of hydrogen-bond acceptors (Lipinski definition) is 4. The predicted molar refractivity (Wildman–Crippen MR) is 141 cm³/mol. The van der Waals surface area contributed by atoms with Crippen molar-refractivity contribution in [3.8, 4) is 0 Å². The Balaban J connectivity index is 1.51. The first kappa shape index (κ1) is 25.9. The molecule has 3 unspecified atom stereocenters. The van der Waals surface area contributed by atoms with E-state index in [1.165, 1.54) is 0 Å². The van der Waals surface area contributed by atoms with E-state index in [1.54, 1.807) is 12.1 Å². The number of hydrogen-bond donors (Lipinski definition) is 3. The third-order valence-electron chi connectivity index (χ3n) is 7.07. The normalized spacial score (nSPS) is 18.8. The molecule has 0 aromatic heterocycles. The SMILES string of the molecule is NC(=O)OC(Cc1ccccc1)c1ccc(C2CCCCC2C(=O)N[C@H](C(N)=O)c2ccccc2)cc1. The molecule has 7 nitrogen and oxygen atoms in total. The van der Waals surface area contributed by atoms with E-state index in [0.29, 0.717) is 12.0 Å². The van der Waals surface area contributed by atoms with Crippen molar-refractivity contribution in [2.45, 2.75) is 50.2 Å². The summed E-state index contributed by atoms with van der Waals surface area (Å²) in [5.41, 5.74) is 14.5. The van der Waals surface area contributed by atoms with Crippen LogP contribution in [0.15, 0.2) is 84.9 Å². The second kappa shape index (κ2) is 12.2. The summed E-state index contributed by atoms with van der Waals surface area (Å²) < 4.78 is 5.42. The van der Waals surface area contributed by atoms with Gasteiger partial charge in [-0.15, -0.1) is 0 Å². The van der Waals surface area contributed by atoms with Gasteiger partial charge in [0.1, 0.15) is 12.1 Å². The molecule has 1 saturated carbocycles. The van der Waals surface area contributed by atoms with Crippen LogP contribution in [0.2, 0.25) is 0 Å². The number of ether oxygens (including phenoxy) is 1. The van der Waals surface area contributed by atoms with Gasteiger partial charge in [-0.1, -0.05) is 97.8 Å². The average Bonchev–Trinajstić information content (AvgIpc) is 2.92. The van der Waals surface area contributed by atoms with Gasteiger partial charge in [0.15, 0.2) is 0 Å². The van der Waals surface area contributed by atoms with Crippen LogP contribution in [0.5, 0.6) is 0 Å². The van der Waals surface area contributed by atoms with E-state index >= 15 is 0 Å². The summed E-state index contributed by atoms with van der Waals surface area (Å²) in [5.74, 6) is -1.01. The number of primary amides is 2. The minimum atomic E-state index is -0.872. The van der Waals surface area contributed by atoms with Crippen LogP contribution in [-0.2, 0) is 20.7 Å². The van der Waals surface area contributed by atoms with Crippen LogP contribution in [0, 0.1) is 5.92 Å². The molecule has 3 aromatic carbocycles. The van der Waals surface area contributed by atoms with Crippen molar-refractivity contribution in [1.29, 1.82) is 0 Å². The molecule has 0 radical (unpaired) electrons. The van der Waals surface area contributed by atoms with E-state index in [1.807, 2.05) is 72.8 Å². The monoisotopic (exact) mass is 499 g/mol. The molecule has 4 rings (SSSR count). The molecular formula is C30H33N3O4. The first-order valence-electron chi connectivity index (χ1n) is 12.7. The molecule has 0 heterocycles. The summed E-state index contributed by atoms with van der Waals surface area (Å²) in [4.78, 5) is 37.1. The van der Waals surface area contributed by atoms with Gasteiger partial charge in [0.2, 0.25) is 11.8 Å². The minimum absolute atomic E-state index is 0.0109. The first-order valence-corrected chi connectivity index (χ1v) is 12.7. The topological polar surface area (TPSA) is 125 Å². The summed E-state index contributed by atoms with van der Waals surface area (Å²) in [5, 5.41) is 2.90. The summed E-state index contributed by atoms with van der Waals surface area (Å²) in [7, 11) is 0. The van der Waals surface area contributed by atoms with Crippen molar-refractivity contribution in [2.24, 2.45) is 17.4 Å². The quantitative estimate of drug-likeness (QED) is 0.395. The van der Waals surface area contributed by atoms with Crippen molar-refractivity contribution in [1.82, 2.24) is 5.32 Å². The average molecular weight is 500 g/mol. The van der Waals surface area contributed by atoms with Gasteiger partial charge in [0.25, 0.3) is 0 Å². The van der Waals surface area contributed by atoms with Gasteiger partial charge < -0.3 is 21.5 Å². The molecule has 3 aromatic rings. The van der Waals surface area contributed by atoms with Crippen molar-refractivity contribution in [2.75, 3.05) is 0 Å². The third-order valence-corrected chi connectivity index (χ3v) is 7.07. The molecule has 7 heteroatoms. The Morgan fingerprint density at radius 3 is 2.05 bits per heavy atom. The van der Waals surface area contributed by atoms with Crippen molar-refractivity contribution < 1.29 is 19.1 Å². The highest BCUT2D eigenvalue weighted by Crippen LogP contribution is 2.39. The number of carbonyl (C=O) groups is 3. The second-order valence-corrected chi connectivity index (χ2v) is 9.53. The first-order chi connectivity index (χ1) is 17.9. The summed E-state index contributed by atoms with van der Waals surface area (Å²) in [6.07, 6.45) is 2.75. The van der Waals surface area contributed by atoms with Gasteiger partial charge in [-0.25, -0.2) is 4.79 Å². The van der Waals surface area contributed by atoms with Crippen molar-refractivity contribution >= 4 is 17.9 Å². The third kappa shape index (κ3) is 6.76. The predicted octanol–water partition coefficient (Wildman–Crippen LogP) is 4.68. The Morgan fingerprint density at radius 1 is 0.811 bits per heavy atom. The van der Waals surface area contributed by atoms with Crippen molar-refractivity contribution in [3.63, 3.8) is 0 Å². The van der Waals surface area contributed by atoms with E-state index in [2.05, 4.69) is 5.32 Å². The molecule has 192 valence electrons. The van der Waals surface area contributed by atoms with Gasteiger partial charge in [0.05, 0.1) is 0 Å². The number of rotatable bonds is 9. The summed E-state index contributed by atoms with van der Waals surface area (Å²) >= 11 is 0. The standard InChI is InChI=1S/C30H33N3O4/c31-28(34)27(23-11-5-2-6-12-23)33-29(35)25-14-8-7-13-24(25)21-15-17-22(18-16-21)26(37-30(32)36)19-20-9-3-1-4-10-20/h1-6,9-12,15-18,24-27H,7-8,13-14,19H2,(H2,31,34)(H2,32,36)(H,33,35)/t24?,25?,26?,27-/m0/s1. The van der Waals surface area contributed by atoms with Crippen LogP contribution >= 0.6 is 0 Å². The lowest BCUT2D eigenvalue weighted by Crippen LogP contribution is -2.42. The number of benzene rings is 3. The Morgan fingerprint density at radius 2 is 1.43 bits per heavy atom. The molecule has 1 aliphatic rings. The highest BCUT2D eigenvalue weighted by Gasteiger charge is 2.34. The molecule has 0 aliphatic heterocycles. The van der Waals surface area contributed by atoms with Crippen LogP contribution in [0.25, 0.3) is 0 Å². The molecule has 0 saturated heterocycles. The Hall–Kier alpha value is -4.13. The van der Waals surface area contributed by atoms with Crippen LogP contribution in [0.4, 0.5) is 4.79 Å². The fourth-order valence-corrected chi connectivity index (χ4v) is 5.21. The Kier molecular flexibility index (Phi) is 8.56. The van der Waals surface area contributed by atoms with E-state index < -0.39 is 24.1 Å². The lowest BCUT2D eigenvalue weighted by atomic mass is 9.74. The van der Waals surface area contributed by atoms with E-state index in [9.17, 15) is 14.4 Å². The Bertz CT molecular complexity index is 1200. The zero-order chi connectivity index (χ0) is 26.2. The lowest BCUT2D eigenvalue weighted by Gasteiger charge is -2.32. The zero-order valence-electron chi connectivity index (χ0n) is 20.7. The molecule has 0 spiro atoms. The van der Waals surface area contributed by atoms with Gasteiger partial charge in [-0.05, 0) is 41.0 Å². The molecule has 3 amide bonds. The van der Waals surface area contributed by atoms with Gasteiger partial charge in [0, 0.05) is 12.3 Å². The zero-order valence-corrected chi connectivity index (χ0v) is 20.7. The number of carbonyl (C=O) groups excluding carboxylic acids is 3. The van der Waals surface area contributed by atoms with Gasteiger partial charge >= 0.3 is 6.09 Å². The van der Waals surface area contributed by atoms with Crippen LogP contribution in [-0.4, -0.2) is 17.9 Å². The van der Waals surface area contributed by atoms with Crippen LogP contribution < -0.4 is 16.8 Å². The maximum absolute atomic E-state index is 13.4. The maximum Gasteiger partial charge on any atom is 0.405 e. The summed E-state index contributed by atoms with van der Waals surface area (Å²) in [6.45, 7) is 0. The molecule has 0 bridgehead atoms. The minimum Gasteiger partial charge on any atom is -0.441 e. The number of amides is 3. The fraction of sp³-hybridized carbons (Fsp3) is 0.300. The molecule has 37 heavy (non-hydrogen) atoms. The molecule has 1 aliphatic carbocycles. The maximum atomic E-state index is 13.4. The lowest BCUT2D eigenvalue weighted by molar-refractivity contribution is -0.131. The second-order valence-electron chi connectivity index (χ2n) is 9.53. The highest BCUT2D eigenvalue weighted by molar-refractivity contribution is 5.89. The fourth-order valence-electron chi connectivity index (χ4n) is 5.21. The van der Waals surface area contributed by atoms with E-state index in [0.717, 1.165) is 42.4 Å². The van der Waals surface area contributed by atoms with Crippen molar-refractivity contribution in [3.05, 3.63) is 107 Å². The summed E-state index contributed by atoms with van der Waals surface area (Å²) in [6, 6.07) is 25.8. The van der Waals surface area contributed by atoms with Crippen LogP contribution in [0.1, 0.15) is 66.0 Å². The van der Waals surface area contributed by atoms with Gasteiger partial charge in [-0.3, -0.25) is 9.59 Å². The number of nitrogens with two attached hydrogens (primary N) is 2. The van der Waals surface area contributed by atoms with Gasteiger partial charge in [-0.2, -0.15) is 0 Å². The molecule has 1 fully saturated rings. The molecule has 5 N–H and O–H groups in total. The molecular weight excluding hydrogens is 466 g/mol. The smallest absolute Gasteiger partial charge is 0.405 e. The largest absolute Gasteiger partial charge is 0.441 e. The van der Waals surface area contributed by atoms with E-state index in [-0.39, 0.29) is 17.7 Å².